The Morgan fingerprint density at radius 1 is 1.47 bits per heavy atom. The van der Waals surface area contributed by atoms with Crippen LogP contribution in [0.2, 0.25) is 0 Å². The molecule has 0 spiro atoms. The lowest BCUT2D eigenvalue weighted by Gasteiger charge is -2.10. The van der Waals surface area contributed by atoms with Gasteiger partial charge < -0.3 is 10.1 Å². The van der Waals surface area contributed by atoms with Gasteiger partial charge >= 0.3 is 0 Å². The van der Waals surface area contributed by atoms with Crippen LogP contribution >= 0.6 is 0 Å². The molecule has 0 saturated carbocycles. The Morgan fingerprint density at radius 2 is 2.32 bits per heavy atom. The van der Waals surface area contributed by atoms with Gasteiger partial charge in [-0.2, -0.15) is 0 Å². The van der Waals surface area contributed by atoms with Crippen LogP contribution < -0.4 is 10.1 Å². The molecule has 1 amide bonds. The molecule has 0 atom stereocenters. The molecule has 1 aromatic carbocycles. The summed E-state index contributed by atoms with van der Waals surface area (Å²) in [5.74, 6) is 0.440. The monoisotopic (exact) mass is 261 g/mol. The van der Waals surface area contributed by atoms with Crippen LogP contribution in [0.5, 0.6) is 5.75 Å². The lowest BCUT2D eigenvalue weighted by Crippen LogP contribution is -2.34. The number of nitrogens with one attached hydrogen (secondary N) is 1. The van der Waals surface area contributed by atoms with Crippen molar-refractivity contribution in [3.05, 3.63) is 30.6 Å². The van der Waals surface area contributed by atoms with Crippen LogP contribution in [-0.4, -0.2) is 38.8 Å². The molecule has 0 bridgehead atoms. The maximum absolute atomic E-state index is 11.5. The van der Waals surface area contributed by atoms with Gasteiger partial charge in [-0.15, -0.1) is 5.10 Å². The summed E-state index contributed by atoms with van der Waals surface area (Å²) < 4.78 is 6.93. The first-order valence-corrected chi connectivity index (χ1v) is 5.91. The Bertz CT molecular complexity index is 539. The number of hydrogen-bond acceptors (Lipinski definition) is 5. The van der Waals surface area contributed by atoms with Crippen LogP contribution in [0.15, 0.2) is 30.6 Å². The number of rotatable bonds is 5. The Kier molecular flexibility index (Phi) is 4.07. The summed E-state index contributed by atoms with van der Waals surface area (Å²) in [5, 5.41) is 13.7. The second-order valence-corrected chi connectivity index (χ2v) is 4.26. The Hall–Kier alpha value is -2.44. The van der Waals surface area contributed by atoms with Crippen molar-refractivity contribution in [2.24, 2.45) is 0 Å². The van der Waals surface area contributed by atoms with Crippen LogP contribution in [0.4, 0.5) is 0 Å². The van der Waals surface area contributed by atoms with Crippen LogP contribution in [0.3, 0.4) is 0 Å². The molecule has 0 aliphatic heterocycles. The molecule has 0 saturated heterocycles. The highest BCUT2D eigenvalue weighted by Crippen LogP contribution is 2.15. The third kappa shape index (κ3) is 3.77. The quantitative estimate of drug-likeness (QED) is 0.850. The minimum atomic E-state index is -0.150. The minimum absolute atomic E-state index is 0.0166. The lowest BCUT2D eigenvalue weighted by molar-refractivity contribution is -0.123. The van der Waals surface area contributed by atoms with Gasteiger partial charge in [0.25, 0.3) is 5.91 Å². The van der Waals surface area contributed by atoms with E-state index in [0.717, 1.165) is 5.69 Å². The number of tetrazole rings is 1. The Balaban J connectivity index is 1.98. The number of nitrogens with zero attached hydrogens (tertiary/aromatic N) is 4. The number of carbonyl (C=O) groups excluding carboxylic acids is 1. The van der Waals surface area contributed by atoms with E-state index in [0.29, 0.717) is 5.75 Å². The van der Waals surface area contributed by atoms with E-state index in [-0.39, 0.29) is 18.6 Å². The second-order valence-electron chi connectivity index (χ2n) is 4.26. The smallest absolute Gasteiger partial charge is 0.258 e. The minimum Gasteiger partial charge on any atom is -0.484 e. The zero-order valence-corrected chi connectivity index (χ0v) is 10.8. The molecule has 0 aliphatic carbocycles. The first-order chi connectivity index (χ1) is 9.15. The zero-order valence-electron chi connectivity index (χ0n) is 10.8. The summed E-state index contributed by atoms with van der Waals surface area (Å²) in [6, 6.07) is 7.29. The third-order valence-electron chi connectivity index (χ3n) is 2.25. The number of ether oxygens (including phenoxy) is 1. The Labute approximate surface area is 110 Å². The van der Waals surface area contributed by atoms with Gasteiger partial charge in [0.05, 0.1) is 5.69 Å². The molecule has 1 aromatic heterocycles. The van der Waals surface area contributed by atoms with E-state index in [1.165, 1.54) is 11.0 Å². The average molecular weight is 261 g/mol. The third-order valence-corrected chi connectivity index (χ3v) is 2.25. The highest BCUT2D eigenvalue weighted by molar-refractivity contribution is 5.77. The molecule has 0 aliphatic rings. The normalized spacial score (nSPS) is 10.5. The van der Waals surface area contributed by atoms with E-state index in [2.05, 4.69) is 20.8 Å². The van der Waals surface area contributed by atoms with Crippen molar-refractivity contribution < 1.29 is 9.53 Å². The van der Waals surface area contributed by atoms with E-state index >= 15 is 0 Å². The van der Waals surface area contributed by atoms with E-state index in [1.54, 1.807) is 12.1 Å². The van der Waals surface area contributed by atoms with Crippen LogP contribution in [-0.2, 0) is 4.79 Å². The second kappa shape index (κ2) is 5.94. The fourth-order valence-corrected chi connectivity index (χ4v) is 1.51. The molecule has 19 heavy (non-hydrogen) atoms. The van der Waals surface area contributed by atoms with Gasteiger partial charge in [-0.05, 0) is 36.4 Å². The van der Waals surface area contributed by atoms with Crippen molar-refractivity contribution in [3.8, 4) is 11.4 Å². The fraction of sp³-hybridized carbons (Fsp3) is 0.333. The summed E-state index contributed by atoms with van der Waals surface area (Å²) >= 11 is 0. The molecule has 2 aromatic rings. The van der Waals surface area contributed by atoms with Crippen molar-refractivity contribution in [1.82, 2.24) is 25.5 Å². The maximum atomic E-state index is 11.5. The van der Waals surface area contributed by atoms with E-state index in [9.17, 15) is 4.79 Å². The van der Waals surface area contributed by atoms with Crippen LogP contribution in [0, 0.1) is 0 Å². The van der Waals surface area contributed by atoms with Gasteiger partial charge in [-0.1, -0.05) is 6.07 Å². The Morgan fingerprint density at radius 3 is 3.00 bits per heavy atom. The number of amides is 1. The van der Waals surface area contributed by atoms with Crippen molar-refractivity contribution in [3.63, 3.8) is 0 Å². The molecule has 0 fully saturated rings. The van der Waals surface area contributed by atoms with Gasteiger partial charge in [0, 0.05) is 12.1 Å². The molecule has 0 unspecified atom stereocenters. The predicted octanol–water partition coefficient (Wildman–Crippen LogP) is 0.566. The van der Waals surface area contributed by atoms with E-state index in [1.807, 2.05) is 26.0 Å². The highest BCUT2D eigenvalue weighted by atomic mass is 16.5. The van der Waals surface area contributed by atoms with Crippen molar-refractivity contribution >= 4 is 5.91 Å². The lowest BCUT2D eigenvalue weighted by atomic mass is 10.3. The topological polar surface area (TPSA) is 81.9 Å². The summed E-state index contributed by atoms with van der Waals surface area (Å²) in [5.41, 5.74) is 0.770. The summed E-state index contributed by atoms with van der Waals surface area (Å²) in [6.07, 6.45) is 1.49. The molecule has 7 heteroatoms. The summed E-state index contributed by atoms with van der Waals surface area (Å²) in [6.45, 7) is 3.78. The average Bonchev–Trinajstić information content (AvgIpc) is 2.90. The zero-order chi connectivity index (χ0) is 13.7. The maximum Gasteiger partial charge on any atom is 0.258 e. The standard InChI is InChI=1S/C12H15N5O2/c1-9(2)14-12(18)7-19-11-5-3-4-10(6-11)17-8-13-15-16-17/h3-6,8-9H,7H2,1-2H3,(H,14,18). The number of carbonyl (C=O) groups is 1. The number of hydrogen-bond donors (Lipinski definition) is 1. The molecule has 7 nitrogen and oxygen atoms in total. The van der Waals surface area contributed by atoms with Crippen LogP contribution in [0.25, 0.3) is 5.69 Å². The molecule has 1 N–H and O–H groups in total. The summed E-state index contributed by atoms with van der Waals surface area (Å²) in [7, 11) is 0. The van der Waals surface area contributed by atoms with Crippen molar-refractivity contribution in [1.29, 1.82) is 0 Å². The SMILES string of the molecule is CC(C)NC(=O)COc1cccc(-n2cnnn2)c1. The largest absolute Gasteiger partial charge is 0.484 e. The number of benzene rings is 1. The van der Waals surface area contributed by atoms with Crippen molar-refractivity contribution in [2.45, 2.75) is 19.9 Å². The van der Waals surface area contributed by atoms with Crippen molar-refractivity contribution in [2.75, 3.05) is 6.61 Å². The molecule has 100 valence electrons. The van der Waals surface area contributed by atoms with Gasteiger partial charge in [0.2, 0.25) is 0 Å². The molecule has 0 radical (unpaired) electrons. The molecular weight excluding hydrogens is 246 g/mol. The fourth-order valence-electron chi connectivity index (χ4n) is 1.51. The van der Waals surface area contributed by atoms with Gasteiger partial charge in [-0.25, -0.2) is 4.68 Å². The molecule has 1 heterocycles. The van der Waals surface area contributed by atoms with Gasteiger partial charge in [0.15, 0.2) is 6.61 Å². The molecule has 2 rings (SSSR count). The number of aromatic nitrogens is 4. The first-order valence-electron chi connectivity index (χ1n) is 5.91. The summed E-state index contributed by atoms with van der Waals surface area (Å²) in [4.78, 5) is 11.5. The molecular formula is C12H15N5O2. The van der Waals surface area contributed by atoms with Crippen LogP contribution in [0.1, 0.15) is 13.8 Å². The predicted molar refractivity (Wildman–Crippen MR) is 67.9 cm³/mol. The van der Waals surface area contributed by atoms with Gasteiger partial charge in [-0.3, -0.25) is 4.79 Å². The van der Waals surface area contributed by atoms with E-state index in [4.69, 9.17) is 4.74 Å². The first kappa shape index (κ1) is 13.0. The van der Waals surface area contributed by atoms with E-state index < -0.39 is 0 Å². The highest BCUT2D eigenvalue weighted by Gasteiger charge is 2.05. The van der Waals surface area contributed by atoms with Gasteiger partial charge in [0.1, 0.15) is 12.1 Å².